The molecule has 126 valence electrons. The number of nitrogens with zero attached hydrogens (tertiary/aromatic N) is 2. The van der Waals surface area contributed by atoms with Crippen LogP contribution in [-0.4, -0.2) is 47.7 Å². The highest BCUT2D eigenvalue weighted by atomic mass is 35.5. The zero-order chi connectivity index (χ0) is 16.9. The molecule has 0 saturated carbocycles. The highest BCUT2D eigenvalue weighted by Crippen LogP contribution is 2.25. The van der Waals surface area contributed by atoms with E-state index in [1.54, 1.807) is 11.8 Å². The number of hydrogen-bond acceptors (Lipinski definition) is 4. The summed E-state index contributed by atoms with van der Waals surface area (Å²) in [6.07, 6.45) is 1.85. The average Bonchev–Trinajstić information content (AvgIpc) is 2.62. The van der Waals surface area contributed by atoms with Crippen LogP contribution in [-0.2, 0) is 4.74 Å². The number of rotatable bonds is 2. The zero-order valence-corrected chi connectivity index (χ0v) is 15.2. The molecular formula is C15H25Cl2N3O2. The first kappa shape index (κ1) is 19.0. The molecule has 0 atom stereocenters. The van der Waals surface area contributed by atoms with Gasteiger partial charge in [-0.05, 0) is 34.1 Å². The topological polar surface area (TPSA) is 58.8 Å². The van der Waals surface area contributed by atoms with Crippen molar-refractivity contribution in [2.24, 2.45) is 5.73 Å². The minimum Gasteiger partial charge on any atom is -0.444 e. The van der Waals surface area contributed by atoms with Gasteiger partial charge >= 0.3 is 6.09 Å². The fraction of sp³-hybridized carbons (Fsp3) is 0.667. The number of carbonyl (C=O) groups is 1. The number of halogens is 2. The minimum absolute atomic E-state index is 0.289. The number of nitrogens with two attached hydrogens (primary N) is 1. The molecule has 2 N–H and O–H groups in total. The summed E-state index contributed by atoms with van der Waals surface area (Å²) in [5.41, 5.74) is 5.73. The molecule has 0 bridgehead atoms. The van der Waals surface area contributed by atoms with Crippen molar-refractivity contribution in [2.75, 3.05) is 26.2 Å². The van der Waals surface area contributed by atoms with Crippen molar-refractivity contribution in [3.05, 3.63) is 22.0 Å². The number of ether oxygens (including phenoxy) is 1. The van der Waals surface area contributed by atoms with Crippen LogP contribution in [0.25, 0.3) is 0 Å². The molecule has 0 spiro atoms. The molecule has 0 radical (unpaired) electrons. The first-order valence-corrected chi connectivity index (χ1v) is 8.08. The molecule has 22 heavy (non-hydrogen) atoms. The Balaban J connectivity index is 2.78. The SMILES string of the molecule is C/C(Cl)=C(\C(Cl)=C/N)N1CCCN(C(=O)OC(C)(C)C)CC1. The molecule has 1 rings (SSSR count). The Bertz CT molecular complexity index is 466. The van der Waals surface area contributed by atoms with Crippen LogP contribution in [0.4, 0.5) is 4.79 Å². The van der Waals surface area contributed by atoms with E-state index in [-0.39, 0.29) is 6.09 Å². The second-order valence-electron chi connectivity index (χ2n) is 6.20. The maximum absolute atomic E-state index is 12.2. The molecule has 1 saturated heterocycles. The van der Waals surface area contributed by atoms with Gasteiger partial charge in [-0.3, -0.25) is 0 Å². The van der Waals surface area contributed by atoms with E-state index in [0.29, 0.717) is 29.7 Å². The highest BCUT2D eigenvalue weighted by molar-refractivity contribution is 6.35. The predicted octanol–water partition coefficient (Wildman–Crippen LogP) is 3.44. The van der Waals surface area contributed by atoms with Crippen LogP contribution in [0.2, 0.25) is 0 Å². The monoisotopic (exact) mass is 349 g/mol. The normalized spacial score (nSPS) is 18.7. The highest BCUT2D eigenvalue weighted by Gasteiger charge is 2.26. The van der Waals surface area contributed by atoms with E-state index in [9.17, 15) is 4.79 Å². The Labute approximate surface area is 142 Å². The van der Waals surface area contributed by atoms with Crippen molar-refractivity contribution < 1.29 is 9.53 Å². The van der Waals surface area contributed by atoms with Crippen LogP contribution < -0.4 is 5.73 Å². The lowest BCUT2D eigenvalue weighted by atomic mass is 10.2. The van der Waals surface area contributed by atoms with Crippen molar-refractivity contribution in [1.82, 2.24) is 9.80 Å². The molecule has 0 unspecified atom stereocenters. The summed E-state index contributed by atoms with van der Waals surface area (Å²) in [7, 11) is 0. The molecule has 0 aromatic heterocycles. The van der Waals surface area contributed by atoms with Crippen molar-refractivity contribution in [1.29, 1.82) is 0 Å². The van der Waals surface area contributed by atoms with Crippen molar-refractivity contribution in [3.63, 3.8) is 0 Å². The molecule has 0 aromatic rings. The van der Waals surface area contributed by atoms with Crippen LogP contribution in [0.3, 0.4) is 0 Å². The van der Waals surface area contributed by atoms with Gasteiger partial charge in [0.15, 0.2) is 0 Å². The Hall–Kier alpha value is -1.07. The molecular weight excluding hydrogens is 325 g/mol. The van der Waals surface area contributed by atoms with Crippen LogP contribution in [0.1, 0.15) is 34.1 Å². The Morgan fingerprint density at radius 2 is 1.68 bits per heavy atom. The van der Waals surface area contributed by atoms with E-state index in [1.165, 1.54) is 6.20 Å². The quantitative estimate of drug-likeness (QED) is 0.775. The summed E-state index contributed by atoms with van der Waals surface area (Å²) in [5, 5.41) is 0.996. The van der Waals surface area contributed by atoms with E-state index < -0.39 is 5.60 Å². The summed E-state index contributed by atoms with van der Waals surface area (Å²) in [4.78, 5) is 15.9. The van der Waals surface area contributed by atoms with Gasteiger partial charge in [-0.1, -0.05) is 23.2 Å². The van der Waals surface area contributed by atoms with Gasteiger partial charge < -0.3 is 20.3 Å². The van der Waals surface area contributed by atoms with E-state index in [2.05, 4.69) is 4.90 Å². The van der Waals surface area contributed by atoms with E-state index >= 15 is 0 Å². The minimum atomic E-state index is -0.494. The molecule has 1 aliphatic heterocycles. The Morgan fingerprint density at radius 3 is 2.18 bits per heavy atom. The van der Waals surface area contributed by atoms with Gasteiger partial charge in [-0.15, -0.1) is 0 Å². The molecule has 5 nitrogen and oxygen atoms in total. The molecule has 0 aliphatic carbocycles. The van der Waals surface area contributed by atoms with Crippen LogP contribution in [0.15, 0.2) is 22.0 Å². The summed E-state index contributed by atoms with van der Waals surface area (Å²) in [6, 6.07) is 0. The zero-order valence-electron chi connectivity index (χ0n) is 13.7. The second kappa shape index (κ2) is 7.97. The molecule has 1 fully saturated rings. The summed E-state index contributed by atoms with van der Waals surface area (Å²) < 4.78 is 5.42. The fourth-order valence-corrected chi connectivity index (χ4v) is 2.79. The van der Waals surface area contributed by atoms with Gasteiger partial charge in [0, 0.05) is 37.4 Å². The van der Waals surface area contributed by atoms with Gasteiger partial charge in [-0.2, -0.15) is 0 Å². The second-order valence-corrected chi connectivity index (χ2v) is 7.18. The number of amides is 1. The maximum Gasteiger partial charge on any atom is 0.410 e. The van der Waals surface area contributed by atoms with E-state index in [0.717, 1.165) is 18.7 Å². The van der Waals surface area contributed by atoms with Crippen LogP contribution in [0, 0.1) is 0 Å². The lowest BCUT2D eigenvalue weighted by Crippen LogP contribution is -2.39. The Morgan fingerprint density at radius 1 is 1.14 bits per heavy atom. The third kappa shape index (κ3) is 5.61. The summed E-state index contributed by atoms with van der Waals surface area (Å²) in [6.45, 7) is 9.93. The first-order valence-electron chi connectivity index (χ1n) is 7.32. The molecule has 1 amide bonds. The van der Waals surface area contributed by atoms with Gasteiger partial charge in [-0.25, -0.2) is 4.79 Å². The lowest BCUT2D eigenvalue weighted by Gasteiger charge is -2.28. The number of carbonyl (C=O) groups excluding carboxylic acids is 1. The van der Waals surface area contributed by atoms with Crippen LogP contribution in [0.5, 0.6) is 0 Å². The fourth-order valence-electron chi connectivity index (χ4n) is 2.26. The van der Waals surface area contributed by atoms with Gasteiger partial charge in [0.05, 0.1) is 10.7 Å². The van der Waals surface area contributed by atoms with Gasteiger partial charge in [0.2, 0.25) is 0 Å². The third-order valence-corrected chi connectivity index (χ3v) is 3.65. The third-order valence-electron chi connectivity index (χ3n) is 3.16. The van der Waals surface area contributed by atoms with E-state index in [4.69, 9.17) is 33.7 Å². The van der Waals surface area contributed by atoms with Gasteiger partial charge in [0.25, 0.3) is 0 Å². The maximum atomic E-state index is 12.2. The van der Waals surface area contributed by atoms with Crippen molar-refractivity contribution in [3.8, 4) is 0 Å². The molecule has 1 aliphatic rings. The predicted molar refractivity (Wildman–Crippen MR) is 90.7 cm³/mol. The molecule has 0 aromatic carbocycles. The lowest BCUT2D eigenvalue weighted by molar-refractivity contribution is 0.0259. The summed E-state index contributed by atoms with van der Waals surface area (Å²) in [5.74, 6) is 0. The molecule has 7 heteroatoms. The smallest absolute Gasteiger partial charge is 0.410 e. The van der Waals surface area contributed by atoms with E-state index in [1.807, 2.05) is 20.8 Å². The number of hydrogen-bond donors (Lipinski definition) is 1. The van der Waals surface area contributed by atoms with Crippen molar-refractivity contribution >= 4 is 29.3 Å². The van der Waals surface area contributed by atoms with Gasteiger partial charge in [0.1, 0.15) is 5.60 Å². The first-order chi connectivity index (χ1) is 10.2. The Kier molecular flexibility index (Phi) is 6.88. The van der Waals surface area contributed by atoms with Crippen LogP contribution >= 0.6 is 23.2 Å². The average molecular weight is 350 g/mol. The molecule has 1 heterocycles. The number of allylic oxidation sites excluding steroid dienone is 2. The largest absolute Gasteiger partial charge is 0.444 e. The van der Waals surface area contributed by atoms with Crippen molar-refractivity contribution in [2.45, 2.75) is 39.7 Å². The standard InChI is InChI=1S/C15H25Cl2N3O2/c1-11(16)13(12(17)10-18)19-6-5-7-20(9-8-19)14(21)22-15(2,3)4/h10H,5-9,18H2,1-4H3/b12-10+,13-11-. The summed E-state index contributed by atoms with van der Waals surface area (Å²) >= 11 is 12.3.